The monoisotopic (exact) mass is 346 g/mol. The molecular formula is C14H20BrFN2S. The molecule has 5 heteroatoms. The lowest BCUT2D eigenvalue weighted by atomic mass is 9.91. The number of halogens is 2. The minimum atomic E-state index is -0.217. The van der Waals surface area contributed by atoms with Gasteiger partial charge in [0.15, 0.2) is 0 Å². The van der Waals surface area contributed by atoms with Gasteiger partial charge in [-0.15, -0.1) is 0 Å². The molecule has 0 amide bonds. The van der Waals surface area contributed by atoms with Gasteiger partial charge in [0.1, 0.15) is 5.82 Å². The van der Waals surface area contributed by atoms with Crippen molar-refractivity contribution in [1.82, 2.24) is 5.43 Å². The first-order chi connectivity index (χ1) is 9.19. The lowest BCUT2D eigenvalue weighted by Crippen LogP contribution is -2.38. The summed E-state index contributed by atoms with van der Waals surface area (Å²) in [5.74, 6) is 8.75. The maximum atomic E-state index is 13.2. The van der Waals surface area contributed by atoms with E-state index in [1.54, 1.807) is 0 Å². The van der Waals surface area contributed by atoms with Crippen LogP contribution in [0, 0.1) is 11.7 Å². The number of hydrazine groups is 1. The van der Waals surface area contributed by atoms with E-state index in [0.717, 1.165) is 24.3 Å². The molecule has 0 saturated carbocycles. The van der Waals surface area contributed by atoms with Crippen LogP contribution in [0.15, 0.2) is 22.7 Å². The van der Waals surface area contributed by atoms with Gasteiger partial charge >= 0.3 is 0 Å². The fraction of sp³-hybridized carbons (Fsp3) is 0.571. The second-order valence-corrected chi connectivity index (χ2v) is 7.19. The highest BCUT2D eigenvalue weighted by molar-refractivity contribution is 9.10. The molecule has 106 valence electrons. The molecule has 0 spiro atoms. The molecule has 0 radical (unpaired) electrons. The van der Waals surface area contributed by atoms with Gasteiger partial charge in [0.25, 0.3) is 0 Å². The molecule has 0 aliphatic carbocycles. The average molecular weight is 347 g/mol. The number of hydrogen-bond donors (Lipinski definition) is 2. The van der Waals surface area contributed by atoms with Crippen LogP contribution >= 0.6 is 27.7 Å². The van der Waals surface area contributed by atoms with Crippen LogP contribution in [-0.2, 0) is 6.42 Å². The predicted octanol–water partition coefficient (Wildman–Crippen LogP) is 3.50. The summed E-state index contributed by atoms with van der Waals surface area (Å²) in [5.41, 5.74) is 4.03. The molecule has 1 aromatic carbocycles. The summed E-state index contributed by atoms with van der Waals surface area (Å²) in [7, 11) is 0. The molecule has 2 rings (SSSR count). The molecule has 1 fully saturated rings. The Labute approximate surface area is 126 Å². The van der Waals surface area contributed by atoms with E-state index in [1.807, 2.05) is 23.9 Å². The Morgan fingerprint density at radius 2 is 2.16 bits per heavy atom. The van der Waals surface area contributed by atoms with Gasteiger partial charge in [0.05, 0.1) is 4.47 Å². The Morgan fingerprint density at radius 1 is 1.42 bits per heavy atom. The van der Waals surface area contributed by atoms with Gasteiger partial charge < -0.3 is 0 Å². The Hall–Kier alpha value is -0.100. The molecule has 1 aliphatic rings. The maximum Gasteiger partial charge on any atom is 0.137 e. The van der Waals surface area contributed by atoms with E-state index in [0.29, 0.717) is 4.47 Å². The number of rotatable bonds is 5. The summed E-state index contributed by atoms with van der Waals surface area (Å²) < 4.78 is 13.7. The molecule has 1 aliphatic heterocycles. The lowest BCUT2D eigenvalue weighted by molar-refractivity contribution is 0.365. The molecular weight excluding hydrogens is 327 g/mol. The van der Waals surface area contributed by atoms with Crippen molar-refractivity contribution in [2.24, 2.45) is 11.8 Å². The molecule has 3 N–H and O–H groups in total. The van der Waals surface area contributed by atoms with Gasteiger partial charge in [-0.3, -0.25) is 11.3 Å². The average Bonchev–Trinajstić information content (AvgIpc) is 2.43. The van der Waals surface area contributed by atoms with Crippen molar-refractivity contribution in [3.8, 4) is 0 Å². The number of hydrogen-bond acceptors (Lipinski definition) is 3. The van der Waals surface area contributed by atoms with Crippen molar-refractivity contribution < 1.29 is 4.39 Å². The summed E-state index contributed by atoms with van der Waals surface area (Å²) in [4.78, 5) is 0. The molecule has 19 heavy (non-hydrogen) atoms. The molecule has 0 bridgehead atoms. The third-order valence-corrected chi connectivity index (χ3v) is 5.32. The topological polar surface area (TPSA) is 38.0 Å². The first-order valence-electron chi connectivity index (χ1n) is 6.67. The first kappa shape index (κ1) is 15.3. The van der Waals surface area contributed by atoms with Gasteiger partial charge in [0, 0.05) is 6.04 Å². The van der Waals surface area contributed by atoms with E-state index in [9.17, 15) is 4.39 Å². The van der Waals surface area contributed by atoms with Crippen LogP contribution in [0.3, 0.4) is 0 Å². The third-order valence-electron chi connectivity index (χ3n) is 3.66. The van der Waals surface area contributed by atoms with Crippen molar-refractivity contribution in [3.05, 3.63) is 34.1 Å². The highest BCUT2D eigenvalue weighted by Crippen LogP contribution is 2.27. The fourth-order valence-electron chi connectivity index (χ4n) is 2.55. The van der Waals surface area contributed by atoms with Crippen LogP contribution in [0.2, 0.25) is 0 Å². The zero-order valence-corrected chi connectivity index (χ0v) is 13.3. The number of nitrogens with one attached hydrogen (secondary N) is 1. The van der Waals surface area contributed by atoms with Crippen LogP contribution in [0.5, 0.6) is 0 Å². The number of thioether (sulfide) groups is 1. The summed E-state index contributed by atoms with van der Waals surface area (Å²) in [5, 5.41) is 0. The minimum Gasteiger partial charge on any atom is -0.271 e. The molecule has 1 saturated heterocycles. The zero-order valence-electron chi connectivity index (χ0n) is 10.9. The fourth-order valence-corrected chi connectivity index (χ4v) is 4.18. The predicted molar refractivity (Wildman–Crippen MR) is 83.6 cm³/mol. The molecule has 1 aromatic rings. The van der Waals surface area contributed by atoms with Crippen LogP contribution in [0.1, 0.15) is 24.8 Å². The summed E-state index contributed by atoms with van der Waals surface area (Å²) in [6.45, 7) is 0. The van der Waals surface area contributed by atoms with Gasteiger partial charge in [-0.1, -0.05) is 6.07 Å². The van der Waals surface area contributed by atoms with Crippen LogP contribution in [0.25, 0.3) is 0 Å². The Bertz CT molecular complexity index is 410. The molecule has 1 atom stereocenters. The van der Waals surface area contributed by atoms with E-state index in [2.05, 4.69) is 21.4 Å². The highest BCUT2D eigenvalue weighted by Gasteiger charge is 2.19. The summed E-state index contributed by atoms with van der Waals surface area (Å²) in [6.07, 6.45) is 4.52. The number of benzene rings is 1. The molecule has 1 unspecified atom stereocenters. The highest BCUT2D eigenvalue weighted by atomic mass is 79.9. The summed E-state index contributed by atoms with van der Waals surface area (Å²) >= 11 is 5.27. The van der Waals surface area contributed by atoms with Crippen LogP contribution in [0.4, 0.5) is 4.39 Å². The SMILES string of the molecule is NNC(Cc1ccc(F)c(Br)c1)CC1CCSCC1. The van der Waals surface area contributed by atoms with E-state index < -0.39 is 0 Å². The standard InChI is InChI=1S/C14H20BrFN2S/c15-13-9-11(1-2-14(13)16)8-12(18-17)7-10-3-5-19-6-4-10/h1-2,9-10,12,18H,3-8,17H2. The van der Waals surface area contributed by atoms with Crippen LogP contribution in [-0.4, -0.2) is 17.5 Å². The largest absolute Gasteiger partial charge is 0.271 e. The second kappa shape index (κ2) is 7.62. The van der Waals surface area contributed by atoms with E-state index in [1.165, 1.54) is 30.4 Å². The van der Waals surface area contributed by atoms with Crippen LogP contribution < -0.4 is 11.3 Å². The smallest absolute Gasteiger partial charge is 0.137 e. The Balaban J connectivity index is 1.92. The number of nitrogens with two attached hydrogens (primary N) is 1. The molecule has 2 nitrogen and oxygen atoms in total. The van der Waals surface area contributed by atoms with Gasteiger partial charge in [-0.2, -0.15) is 11.8 Å². The van der Waals surface area contributed by atoms with Gasteiger partial charge in [-0.05, 0) is 76.7 Å². The van der Waals surface area contributed by atoms with Crippen molar-refractivity contribution >= 4 is 27.7 Å². The lowest BCUT2D eigenvalue weighted by Gasteiger charge is -2.26. The van der Waals surface area contributed by atoms with E-state index in [4.69, 9.17) is 5.84 Å². The normalized spacial score (nSPS) is 18.5. The van der Waals surface area contributed by atoms with E-state index >= 15 is 0 Å². The maximum absolute atomic E-state index is 13.2. The van der Waals surface area contributed by atoms with Crippen molar-refractivity contribution in [2.75, 3.05) is 11.5 Å². The quantitative estimate of drug-likeness (QED) is 0.633. The van der Waals surface area contributed by atoms with Crippen molar-refractivity contribution in [1.29, 1.82) is 0 Å². The third kappa shape index (κ3) is 4.74. The Morgan fingerprint density at radius 3 is 2.79 bits per heavy atom. The van der Waals surface area contributed by atoms with Crippen molar-refractivity contribution in [3.63, 3.8) is 0 Å². The second-order valence-electron chi connectivity index (χ2n) is 5.11. The Kier molecular flexibility index (Phi) is 6.13. The zero-order chi connectivity index (χ0) is 13.7. The molecule has 0 aromatic heterocycles. The van der Waals surface area contributed by atoms with Gasteiger partial charge in [0.2, 0.25) is 0 Å². The molecule has 1 heterocycles. The minimum absolute atomic E-state index is 0.217. The van der Waals surface area contributed by atoms with E-state index in [-0.39, 0.29) is 11.9 Å². The van der Waals surface area contributed by atoms with Crippen molar-refractivity contribution in [2.45, 2.75) is 31.7 Å². The first-order valence-corrected chi connectivity index (χ1v) is 8.61. The van der Waals surface area contributed by atoms with Gasteiger partial charge in [-0.25, -0.2) is 4.39 Å². The summed E-state index contributed by atoms with van der Waals surface area (Å²) in [6, 6.07) is 5.45.